The first-order chi connectivity index (χ1) is 15.4. The summed E-state index contributed by atoms with van der Waals surface area (Å²) in [6.45, 7) is 0. The van der Waals surface area contributed by atoms with Crippen molar-refractivity contribution in [2.45, 2.75) is 43.9 Å². The van der Waals surface area contributed by atoms with Crippen molar-refractivity contribution in [2.24, 2.45) is 0 Å². The van der Waals surface area contributed by atoms with E-state index in [4.69, 9.17) is 0 Å². The van der Waals surface area contributed by atoms with Gasteiger partial charge in [-0.25, -0.2) is 9.37 Å². The Bertz CT molecular complexity index is 1280. The van der Waals surface area contributed by atoms with Gasteiger partial charge in [-0.05, 0) is 31.4 Å². The molecule has 3 N–H and O–H groups in total. The number of amides is 1. The fraction of sp³-hybridized carbons (Fsp3) is 0.381. The molecule has 5 rings (SSSR count). The minimum Gasteiger partial charge on any atom is -0.373 e. The number of fused-ring (bicyclic) bond motifs is 1. The predicted molar refractivity (Wildman–Crippen MR) is 115 cm³/mol. The van der Waals surface area contributed by atoms with Gasteiger partial charge in [-0.15, -0.1) is 0 Å². The number of pyridine rings is 1. The van der Waals surface area contributed by atoms with Crippen LogP contribution in [0.25, 0.3) is 5.65 Å². The van der Waals surface area contributed by atoms with Crippen LogP contribution in [0.15, 0.2) is 35.4 Å². The van der Waals surface area contributed by atoms with Gasteiger partial charge in [0.1, 0.15) is 29.1 Å². The zero-order valence-corrected chi connectivity index (χ0v) is 17.3. The van der Waals surface area contributed by atoms with Crippen LogP contribution in [0.4, 0.5) is 21.7 Å². The predicted octanol–water partition coefficient (Wildman–Crippen LogP) is 1.81. The van der Waals surface area contributed by atoms with Gasteiger partial charge in [0.05, 0.1) is 12.2 Å². The van der Waals surface area contributed by atoms with Crippen molar-refractivity contribution in [3.8, 4) is 0 Å². The van der Waals surface area contributed by atoms with E-state index in [9.17, 15) is 18.8 Å². The summed E-state index contributed by atoms with van der Waals surface area (Å²) in [6, 6.07) is 4.39. The van der Waals surface area contributed by atoms with Crippen molar-refractivity contribution >= 4 is 34.7 Å². The van der Waals surface area contributed by atoms with E-state index in [2.05, 4.69) is 26.0 Å². The molecule has 3 aromatic heterocycles. The molecule has 0 saturated heterocycles. The first kappa shape index (κ1) is 20.2. The number of aromatic nitrogens is 4. The minimum absolute atomic E-state index is 0.00644. The zero-order valence-electron chi connectivity index (χ0n) is 17.3. The number of hydrogen-bond donors (Lipinski definition) is 3. The molecule has 2 aliphatic rings. The molecule has 0 aliphatic heterocycles. The fourth-order valence-electron chi connectivity index (χ4n) is 3.94. The molecule has 0 spiro atoms. The van der Waals surface area contributed by atoms with E-state index in [1.54, 1.807) is 31.4 Å². The van der Waals surface area contributed by atoms with Crippen molar-refractivity contribution in [1.82, 2.24) is 24.5 Å². The third kappa shape index (κ3) is 3.39. The second-order valence-electron chi connectivity index (χ2n) is 8.08. The Hall–Kier alpha value is -3.76. The number of carbonyl (C=O) groups excluding carboxylic acids is 2. The van der Waals surface area contributed by atoms with Gasteiger partial charge in [-0.2, -0.15) is 9.61 Å². The van der Waals surface area contributed by atoms with Crippen molar-refractivity contribution < 1.29 is 14.0 Å². The van der Waals surface area contributed by atoms with Crippen molar-refractivity contribution in [2.75, 3.05) is 17.7 Å². The Balaban J connectivity index is 1.47. The molecule has 1 atom stereocenters. The second kappa shape index (κ2) is 7.74. The van der Waals surface area contributed by atoms with Gasteiger partial charge in [0.2, 0.25) is 0 Å². The van der Waals surface area contributed by atoms with Crippen molar-refractivity contribution in [1.29, 1.82) is 0 Å². The molecule has 0 aromatic carbocycles. The molecule has 0 radical (unpaired) electrons. The topological polar surface area (TPSA) is 122 Å². The third-order valence-electron chi connectivity index (χ3n) is 6.03. The lowest BCUT2D eigenvalue weighted by molar-refractivity contribution is -0.126. The highest BCUT2D eigenvalue weighted by Gasteiger charge is 2.32. The van der Waals surface area contributed by atoms with Gasteiger partial charge in [0.15, 0.2) is 11.4 Å². The van der Waals surface area contributed by atoms with Crippen LogP contribution in [0.3, 0.4) is 0 Å². The van der Waals surface area contributed by atoms with E-state index >= 15 is 0 Å². The van der Waals surface area contributed by atoms with Gasteiger partial charge >= 0.3 is 0 Å². The lowest BCUT2D eigenvalue weighted by Gasteiger charge is -2.31. The molecule has 11 heteroatoms. The SMILES string of the molecule is CNc1cc(Nc2cccn(C3CC(F)C3)c2=O)nc2c(C(=O)N[C@H]3CCC3=O)cnn12. The van der Waals surface area contributed by atoms with E-state index in [-0.39, 0.29) is 28.6 Å². The van der Waals surface area contributed by atoms with Gasteiger partial charge < -0.3 is 20.5 Å². The third-order valence-corrected chi connectivity index (χ3v) is 6.03. The molecule has 3 heterocycles. The number of halogens is 1. The Morgan fingerprint density at radius 1 is 1.28 bits per heavy atom. The smallest absolute Gasteiger partial charge is 0.274 e. The number of nitrogens with zero attached hydrogens (tertiary/aromatic N) is 4. The molecule has 0 unspecified atom stereocenters. The maximum atomic E-state index is 13.3. The Kier molecular flexibility index (Phi) is 4.87. The van der Waals surface area contributed by atoms with E-state index in [0.717, 1.165) is 0 Å². The first-order valence-electron chi connectivity index (χ1n) is 10.5. The summed E-state index contributed by atoms with van der Waals surface area (Å²) < 4.78 is 16.3. The van der Waals surface area contributed by atoms with Crippen LogP contribution in [0.2, 0.25) is 0 Å². The van der Waals surface area contributed by atoms with Gasteiger partial charge in [0, 0.05) is 31.8 Å². The Labute approximate surface area is 181 Å². The van der Waals surface area contributed by atoms with Crippen LogP contribution in [0, 0.1) is 0 Å². The van der Waals surface area contributed by atoms with Crippen LogP contribution in [0.5, 0.6) is 0 Å². The van der Waals surface area contributed by atoms with Crippen LogP contribution in [-0.2, 0) is 4.79 Å². The van der Waals surface area contributed by atoms with Crippen molar-refractivity contribution in [3.63, 3.8) is 0 Å². The van der Waals surface area contributed by atoms with Crippen LogP contribution >= 0.6 is 0 Å². The summed E-state index contributed by atoms with van der Waals surface area (Å²) >= 11 is 0. The highest BCUT2D eigenvalue weighted by atomic mass is 19.1. The van der Waals surface area contributed by atoms with Crippen LogP contribution in [-0.4, -0.2) is 50.1 Å². The van der Waals surface area contributed by atoms with Crippen LogP contribution in [0.1, 0.15) is 42.1 Å². The lowest BCUT2D eigenvalue weighted by atomic mass is 9.90. The summed E-state index contributed by atoms with van der Waals surface area (Å²) in [5.41, 5.74) is 0.518. The molecular formula is C21H22FN7O3. The number of Topliss-reactive ketones (excluding diaryl/α,β-unsaturated/α-hetero) is 1. The highest BCUT2D eigenvalue weighted by molar-refractivity contribution is 6.03. The molecule has 2 aliphatic carbocycles. The number of carbonyl (C=O) groups is 2. The molecule has 1 amide bonds. The summed E-state index contributed by atoms with van der Waals surface area (Å²) in [5, 5.41) is 12.9. The normalized spacial score (nSPS) is 22.2. The number of anilines is 3. The summed E-state index contributed by atoms with van der Waals surface area (Å²) in [6.07, 6.45) is 3.93. The maximum absolute atomic E-state index is 13.3. The molecule has 32 heavy (non-hydrogen) atoms. The average Bonchev–Trinajstić information content (AvgIpc) is 3.19. The average molecular weight is 439 g/mol. The molecule has 2 saturated carbocycles. The van der Waals surface area contributed by atoms with E-state index < -0.39 is 18.1 Å². The summed E-state index contributed by atoms with van der Waals surface area (Å²) in [7, 11) is 1.70. The summed E-state index contributed by atoms with van der Waals surface area (Å²) in [5.74, 6) is 0.458. The van der Waals surface area contributed by atoms with Crippen molar-refractivity contribution in [3.05, 3.63) is 46.5 Å². The standard InChI is InChI=1S/C21H22FN7O3/c1-23-18-9-17(25-15-3-2-6-28(21(15)32)12-7-11(22)8-12)27-19-13(10-24-29(18)19)20(31)26-14-4-5-16(14)30/h2-3,6,9-12,14,23H,4-5,7-8H2,1H3,(H,25,27)(H,26,31)/t11?,12?,14-/m0/s1. The Morgan fingerprint density at radius 2 is 2.09 bits per heavy atom. The zero-order chi connectivity index (χ0) is 22.4. The second-order valence-corrected chi connectivity index (χ2v) is 8.08. The van der Waals surface area contributed by atoms with E-state index in [1.165, 1.54) is 15.3 Å². The number of alkyl halides is 1. The van der Waals surface area contributed by atoms with Crippen LogP contribution < -0.4 is 21.5 Å². The first-order valence-corrected chi connectivity index (χ1v) is 10.5. The van der Waals surface area contributed by atoms with E-state index in [0.29, 0.717) is 43.0 Å². The molecule has 3 aromatic rings. The molecule has 10 nitrogen and oxygen atoms in total. The van der Waals surface area contributed by atoms with Gasteiger partial charge in [-0.3, -0.25) is 14.4 Å². The highest BCUT2D eigenvalue weighted by Crippen LogP contribution is 2.33. The number of nitrogens with one attached hydrogen (secondary N) is 3. The van der Waals surface area contributed by atoms with E-state index in [1.807, 2.05) is 0 Å². The minimum atomic E-state index is -0.868. The largest absolute Gasteiger partial charge is 0.373 e. The molecule has 2 fully saturated rings. The summed E-state index contributed by atoms with van der Waals surface area (Å²) in [4.78, 5) is 41.6. The number of hydrogen-bond acceptors (Lipinski definition) is 7. The number of ketones is 1. The van der Waals surface area contributed by atoms with Gasteiger partial charge in [0.25, 0.3) is 11.5 Å². The fourth-order valence-corrected chi connectivity index (χ4v) is 3.94. The number of rotatable bonds is 6. The molecular weight excluding hydrogens is 417 g/mol. The molecule has 166 valence electrons. The maximum Gasteiger partial charge on any atom is 0.274 e. The molecule has 0 bridgehead atoms. The quantitative estimate of drug-likeness (QED) is 0.535. The van der Waals surface area contributed by atoms with Gasteiger partial charge in [-0.1, -0.05) is 0 Å². The Morgan fingerprint density at radius 3 is 2.75 bits per heavy atom. The lowest BCUT2D eigenvalue weighted by Crippen LogP contribution is -2.47. The monoisotopic (exact) mass is 439 g/mol.